The number of halogens is 1. The van der Waals surface area contributed by atoms with Crippen LogP contribution in [0.2, 0.25) is 0 Å². The predicted octanol–water partition coefficient (Wildman–Crippen LogP) is 1.85. The van der Waals surface area contributed by atoms with E-state index in [4.69, 9.17) is 9.84 Å². The van der Waals surface area contributed by atoms with Gasteiger partial charge in [-0.05, 0) is 17.5 Å². The molecular weight excluding hydrogens is 199 g/mol. The Labute approximate surface area is 86.5 Å². The molecular formula is C11H11FO3. The van der Waals surface area contributed by atoms with Gasteiger partial charge in [-0.1, -0.05) is 18.2 Å². The summed E-state index contributed by atoms with van der Waals surface area (Å²) in [7, 11) is 0. The van der Waals surface area contributed by atoms with Crippen LogP contribution in [0.4, 0.5) is 4.39 Å². The van der Waals surface area contributed by atoms with Crippen molar-refractivity contribution < 1.29 is 19.0 Å². The molecule has 1 aliphatic heterocycles. The molecule has 4 heteroatoms. The zero-order valence-electron chi connectivity index (χ0n) is 8.07. The SMILES string of the molecule is O=C(O)C(F)c1cccc2c1COCC2. The second-order valence-electron chi connectivity index (χ2n) is 3.49. The molecule has 1 N–H and O–H groups in total. The fraction of sp³-hybridized carbons (Fsp3) is 0.364. The molecule has 1 aliphatic rings. The average molecular weight is 210 g/mol. The summed E-state index contributed by atoms with van der Waals surface area (Å²) in [4.78, 5) is 10.6. The highest BCUT2D eigenvalue weighted by Gasteiger charge is 2.24. The molecule has 1 aromatic carbocycles. The molecule has 0 bridgehead atoms. The first kappa shape index (κ1) is 10.1. The summed E-state index contributed by atoms with van der Waals surface area (Å²) >= 11 is 0. The summed E-state index contributed by atoms with van der Waals surface area (Å²) in [6.45, 7) is 0.916. The lowest BCUT2D eigenvalue weighted by atomic mass is 9.95. The molecule has 0 amide bonds. The topological polar surface area (TPSA) is 46.5 Å². The van der Waals surface area contributed by atoms with Gasteiger partial charge in [-0.2, -0.15) is 0 Å². The third-order valence-corrected chi connectivity index (χ3v) is 2.56. The molecule has 1 unspecified atom stereocenters. The van der Waals surface area contributed by atoms with Gasteiger partial charge in [-0.15, -0.1) is 0 Å². The van der Waals surface area contributed by atoms with E-state index in [9.17, 15) is 9.18 Å². The minimum atomic E-state index is -1.96. The van der Waals surface area contributed by atoms with Gasteiger partial charge in [0.25, 0.3) is 0 Å². The fourth-order valence-electron chi connectivity index (χ4n) is 1.79. The van der Waals surface area contributed by atoms with Gasteiger partial charge in [-0.3, -0.25) is 0 Å². The molecule has 1 atom stereocenters. The van der Waals surface area contributed by atoms with Gasteiger partial charge < -0.3 is 9.84 Å². The van der Waals surface area contributed by atoms with Crippen LogP contribution in [0.5, 0.6) is 0 Å². The maximum absolute atomic E-state index is 13.4. The largest absolute Gasteiger partial charge is 0.479 e. The number of aliphatic carboxylic acids is 1. The molecule has 0 aromatic heterocycles. The van der Waals surface area contributed by atoms with Crippen LogP contribution in [0.3, 0.4) is 0 Å². The maximum atomic E-state index is 13.4. The number of carboxylic acid groups (broad SMARTS) is 1. The van der Waals surface area contributed by atoms with Gasteiger partial charge in [0.05, 0.1) is 13.2 Å². The molecule has 0 fully saturated rings. The molecule has 2 rings (SSSR count). The van der Waals surface area contributed by atoms with Crippen molar-refractivity contribution in [1.82, 2.24) is 0 Å². The summed E-state index contributed by atoms with van der Waals surface area (Å²) in [6.07, 6.45) is -1.24. The Morgan fingerprint density at radius 3 is 3.07 bits per heavy atom. The fourth-order valence-corrected chi connectivity index (χ4v) is 1.79. The highest BCUT2D eigenvalue weighted by Crippen LogP contribution is 2.27. The quantitative estimate of drug-likeness (QED) is 0.810. The summed E-state index contributed by atoms with van der Waals surface area (Å²) < 4.78 is 18.6. The Balaban J connectivity index is 2.43. The second-order valence-corrected chi connectivity index (χ2v) is 3.49. The average Bonchev–Trinajstić information content (AvgIpc) is 2.27. The van der Waals surface area contributed by atoms with Crippen molar-refractivity contribution in [1.29, 1.82) is 0 Å². The van der Waals surface area contributed by atoms with E-state index >= 15 is 0 Å². The molecule has 1 aromatic rings. The van der Waals surface area contributed by atoms with Crippen LogP contribution in [0.15, 0.2) is 18.2 Å². The van der Waals surface area contributed by atoms with Crippen molar-refractivity contribution in [2.24, 2.45) is 0 Å². The van der Waals surface area contributed by atoms with Crippen molar-refractivity contribution in [2.45, 2.75) is 19.2 Å². The first-order valence-corrected chi connectivity index (χ1v) is 4.75. The number of alkyl halides is 1. The van der Waals surface area contributed by atoms with Crippen LogP contribution >= 0.6 is 0 Å². The molecule has 80 valence electrons. The van der Waals surface area contributed by atoms with E-state index in [0.29, 0.717) is 18.8 Å². The Hall–Kier alpha value is -1.42. The van der Waals surface area contributed by atoms with Crippen LogP contribution in [-0.2, 0) is 22.6 Å². The first-order chi connectivity index (χ1) is 7.20. The maximum Gasteiger partial charge on any atom is 0.343 e. The van der Waals surface area contributed by atoms with Crippen molar-refractivity contribution in [3.8, 4) is 0 Å². The number of carbonyl (C=O) groups is 1. The zero-order chi connectivity index (χ0) is 10.8. The van der Waals surface area contributed by atoms with Gasteiger partial charge in [0.1, 0.15) is 0 Å². The number of ether oxygens (including phenoxy) is 1. The number of fused-ring (bicyclic) bond motifs is 1. The number of benzene rings is 1. The van der Waals surface area contributed by atoms with E-state index in [2.05, 4.69) is 0 Å². The van der Waals surface area contributed by atoms with Crippen LogP contribution in [0.25, 0.3) is 0 Å². The minimum absolute atomic E-state index is 0.222. The van der Waals surface area contributed by atoms with Crippen molar-refractivity contribution >= 4 is 5.97 Å². The predicted molar refractivity (Wildman–Crippen MR) is 51.3 cm³/mol. The lowest BCUT2D eigenvalue weighted by Crippen LogP contribution is -2.16. The lowest BCUT2D eigenvalue weighted by Gasteiger charge is -2.20. The number of hydrogen-bond donors (Lipinski definition) is 1. The molecule has 15 heavy (non-hydrogen) atoms. The molecule has 3 nitrogen and oxygen atoms in total. The molecule has 0 saturated heterocycles. The van der Waals surface area contributed by atoms with E-state index < -0.39 is 12.1 Å². The van der Waals surface area contributed by atoms with Crippen molar-refractivity contribution in [3.63, 3.8) is 0 Å². The van der Waals surface area contributed by atoms with Crippen LogP contribution in [-0.4, -0.2) is 17.7 Å². The standard InChI is InChI=1S/C11H11FO3/c12-10(11(13)14)8-3-1-2-7-4-5-15-6-9(7)8/h1-3,10H,4-6H2,(H,13,14). The van der Waals surface area contributed by atoms with E-state index in [1.54, 1.807) is 6.07 Å². The molecule has 0 aliphatic carbocycles. The van der Waals surface area contributed by atoms with Crippen LogP contribution in [0.1, 0.15) is 22.9 Å². The Morgan fingerprint density at radius 2 is 2.33 bits per heavy atom. The monoisotopic (exact) mass is 210 g/mol. The third kappa shape index (κ3) is 1.85. The Bertz CT molecular complexity index is 389. The van der Waals surface area contributed by atoms with Gasteiger partial charge in [0, 0.05) is 5.56 Å². The van der Waals surface area contributed by atoms with Crippen LogP contribution < -0.4 is 0 Å². The first-order valence-electron chi connectivity index (χ1n) is 4.75. The lowest BCUT2D eigenvalue weighted by molar-refractivity contribution is -0.143. The normalized spacial score (nSPS) is 16.9. The van der Waals surface area contributed by atoms with Gasteiger partial charge in [-0.25, -0.2) is 9.18 Å². The summed E-state index contributed by atoms with van der Waals surface area (Å²) in [5.41, 5.74) is 1.90. The van der Waals surface area contributed by atoms with E-state index in [1.807, 2.05) is 6.07 Å². The second kappa shape index (κ2) is 3.98. The van der Waals surface area contributed by atoms with Crippen LogP contribution in [0, 0.1) is 0 Å². The number of hydrogen-bond acceptors (Lipinski definition) is 2. The number of rotatable bonds is 2. The van der Waals surface area contributed by atoms with Gasteiger partial charge in [0.2, 0.25) is 6.17 Å². The Kier molecular flexibility index (Phi) is 2.68. The van der Waals surface area contributed by atoms with Crippen molar-refractivity contribution in [3.05, 3.63) is 34.9 Å². The zero-order valence-corrected chi connectivity index (χ0v) is 8.07. The molecule has 0 radical (unpaired) electrons. The van der Waals surface area contributed by atoms with Gasteiger partial charge in [0.15, 0.2) is 0 Å². The molecule has 1 heterocycles. The van der Waals surface area contributed by atoms with E-state index in [-0.39, 0.29) is 5.56 Å². The summed E-state index contributed by atoms with van der Waals surface area (Å²) in [5, 5.41) is 8.62. The smallest absolute Gasteiger partial charge is 0.343 e. The molecule has 0 spiro atoms. The third-order valence-electron chi connectivity index (χ3n) is 2.56. The van der Waals surface area contributed by atoms with Gasteiger partial charge >= 0.3 is 5.97 Å². The number of carboxylic acids is 1. The highest BCUT2D eigenvalue weighted by molar-refractivity contribution is 5.75. The van der Waals surface area contributed by atoms with Crippen molar-refractivity contribution in [2.75, 3.05) is 6.61 Å². The summed E-state index contributed by atoms with van der Waals surface area (Å²) in [6, 6.07) is 5.08. The van der Waals surface area contributed by atoms with E-state index in [0.717, 1.165) is 12.0 Å². The highest BCUT2D eigenvalue weighted by atomic mass is 19.1. The van der Waals surface area contributed by atoms with E-state index in [1.165, 1.54) is 6.07 Å². The summed E-state index contributed by atoms with van der Waals surface area (Å²) in [5.74, 6) is -1.45. The Morgan fingerprint density at radius 1 is 1.53 bits per heavy atom. The molecule has 0 saturated carbocycles. The minimum Gasteiger partial charge on any atom is -0.479 e.